The van der Waals surface area contributed by atoms with E-state index in [1.54, 1.807) is 23.5 Å². The van der Waals surface area contributed by atoms with Crippen molar-refractivity contribution < 1.29 is 9.18 Å². The molecule has 0 saturated heterocycles. The number of aromatic nitrogens is 1. The molecule has 4 nitrogen and oxygen atoms in total. The summed E-state index contributed by atoms with van der Waals surface area (Å²) in [6.07, 6.45) is 1.64. The largest absolute Gasteiger partial charge is 0.338 e. The Hall–Kier alpha value is -1.95. The summed E-state index contributed by atoms with van der Waals surface area (Å²) in [4.78, 5) is 17.1. The molecule has 0 atom stereocenters. The lowest BCUT2D eigenvalue weighted by molar-refractivity contribution is 0.240. The van der Waals surface area contributed by atoms with Crippen LogP contribution in [0.3, 0.4) is 0 Å². The van der Waals surface area contributed by atoms with E-state index in [4.69, 9.17) is 0 Å². The highest BCUT2D eigenvalue weighted by atomic mass is 32.1. The minimum atomic E-state index is -0.229. The quantitative estimate of drug-likeness (QED) is 0.857. The average molecular weight is 321 g/mol. The molecular formula is C16H20FN3OS. The van der Waals surface area contributed by atoms with Gasteiger partial charge in [0.1, 0.15) is 10.8 Å². The minimum Gasteiger partial charge on any atom is -0.338 e. The lowest BCUT2D eigenvalue weighted by Gasteiger charge is -2.04. The van der Waals surface area contributed by atoms with Gasteiger partial charge in [0.25, 0.3) is 0 Å². The van der Waals surface area contributed by atoms with Gasteiger partial charge < -0.3 is 10.6 Å². The molecule has 0 unspecified atom stereocenters. The van der Waals surface area contributed by atoms with E-state index in [-0.39, 0.29) is 11.8 Å². The number of nitrogens with zero attached hydrogens (tertiary/aromatic N) is 1. The normalized spacial score (nSPS) is 10.5. The van der Waals surface area contributed by atoms with Gasteiger partial charge in [-0.2, -0.15) is 0 Å². The standard InChI is InChI=1S/C16H20FN3OS/c1-3-8-18-16(21)19-10-15-20-11(2)14(22-15)9-12-4-6-13(17)7-5-12/h4-7H,3,8-10H2,1-2H3,(H2,18,19,21). The third-order valence-electron chi connectivity index (χ3n) is 3.15. The Kier molecular flexibility index (Phi) is 5.89. The van der Waals surface area contributed by atoms with Crippen molar-refractivity contribution in [3.63, 3.8) is 0 Å². The van der Waals surface area contributed by atoms with Crippen LogP contribution in [0.15, 0.2) is 24.3 Å². The summed E-state index contributed by atoms with van der Waals surface area (Å²) in [5.74, 6) is -0.229. The summed E-state index contributed by atoms with van der Waals surface area (Å²) < 4.78 is 12.9. The highest BCUT2D eigenvalue weighted by Crippen LogP contribution is 2.21. The molecule has 0 bridgehead atoms. The van der Waals surface area contributed by atoms with Gasteiger partial charge in [-0.15, -0.1) is 11.3 Å². The molecule has 0 aliphatic rings. The van der Waals surface area contributed by atoms with E-state index in [1.165, 1.54) is 12.1 Å². The van der Waals surface area contributed by atoms with Crippen molar-refractivity contribution in [1.29, 1.82) is 0 Å². The molecule has 0 spiro atoms. The zero-order chi connectivity index (χ0) is 15.9. The number of urea groups is 1. The lowest BCUT2D eigenvalue weighted by atomic mass is 10.1. The number of hydrogen-bond acceptors (Lipinski definition) is 3. The molecule has 0 saturated carbocycles. The Balaban J connectivity index is 1.93. The third kappa shape index (κ3) is 4.80. The van der Waals surface area contributed by atoms with E-state index in [1.807, 2.05) is 13.8 Å². The van der Waals surface area contributed by atoms with Crippen LogP contribution in [0.25, 0.3) is 0 Å². The van der Waals surface area contributed by atoms with Crippen LogP contribution in [0.2, 0.25) is 0 Å². The maximum atomic E-state index is 12.9. The van der Waals surface area contributed by atoms with Crippen molar-refractivity contribution in [3.05, 3.63) is 51.2 Å². The van der Waals surface area contributed by atoms with Gasteiger partial charge in [0, 0.05) is 17.8 Å². The first kappa shape index (κ1) is 16.4. The fourth-order valence-electron chi connectivity index (χ4n) is 1.97. The summed E-state index contributed by atoms with van der Waals surface area (Å²) in [6.45, 7) is 5.05. The number of aryl methyl sites for hydroxylation is 1. The maximum Gasteiger partial charge on any atom is 0.315 e. The molecule has 0 fully saturated rings. The molecule has 1 aromatic heterocycles. The number of carbonyl (C=O) groups excluding carboxylic acids is 1. The van der Waals surface area contributed by atoms with E-state index in [0.717, 1.165) is 34.0 Å². The molecule has 118 valence electrons. The van der Waals surface area contributed by atoms with E-state index >= 15 is 0 Å². The number of halogens is 1. The van der Waals surface area contributed by atoms with Crippen LogP contribution in [-0.4, -0.2) is 17.6 Å². The van der Waals surface area contributed by atoms with Gasteiger partial charge >= 0.3 is 6.03 Å². The maximum absolute atomic E-state index is 12.9. The molecule has 0 aliphatic heterocycles. The van der Waals surface area contributed by atoms with Gasteiger partial charge in [0.2, 0.25) is 0 Å². The fourth-order valence-corrected chi connectivity index (χ4v) is 3.02. The van der Waals surface area contributed by atoms with Gasteiger partial charge in [0.15, 0.2) is 0 Å². The minimum absolute atomic E-state index is 0.171. The second kappa shape index (κ2) is 7.89. The Morgan fingerprint density at radius 3 is 2.68 bits per heavy atom. The molecule has 22 heavy (non-hydrogen) atoms. The number of nitrogens with one attached hydrogen (secondary N) is 2. The summed E-state index contributed by atoms with van der Waals surface area (Å²) in [7, 11) is 0. The second-order valence-corrected chi connectivity index (χ2v) is 6.20. The highest BCUT2D eigenvalue weighted by Gasteiger charge is 2.09. The van der Waals surface area contributed by atoms with Crippen LogP contribution in [0.5, 0.6) is 0 Å². The Morgan fingerprint density at radius 1 is 1.27 bits per heavy atom. The van der Waals surface area contributed by atoms with Crippen molar-refractivity contribution in [2.24, 2.45) is 0 Å². The Bertz CT molecular complexity index is 625. The second-order valence-electron chi connectivity index (χ2n) is 5.03. The van der Waals surface area contributed by atoms with Crippen LogP contribution < -0.4 is 10.6 Å². The number of benzene rings is 1. The number of thiazole rings is 1. The number of hydrogen-bond donors (Lipinski definition) is 2. The molecule has 1 aromatic carbocycles. The zero-order valence-corrected chi connectivity index (χ0v) is 13.6. The molecule has 2 aromatic rings. The van der Waals surface area contributed by atoms with Gasteiger partial charge in [-0.05, 0) is 31.0 Å². The molecule has 0 aliphatic carbocycles. The molecule has 2 N–H and O–H groups in total. The van der Waals surface area contributed by atoms with E-state index < -0.39 is 0 Å². The van der Waals surface area contributed by atoms with Crippen LogP contribution in [0.1, 0.15) is 34.5 Å². The zero-order valence-electron chi connectivity index (χ0n) is 12.8. The third-order valence-corrected chi connectivity index (χ3v) is 4.31. The summed E-state index contributed by atoms with van der Waals surface area (Å²) in [6, 6.07) is 6.32. The van der Waals surface area contributed by atoms with Crippen molar-refractivity contribution >= 4 is 17.4 Å². The Labute approximate surface area is 133 Å². The van der Waals surface area contributed by atoms with Crippen LogP contribution in [0.4, 0.5) is 9.18 Å². The van der Waals surface area contributed by atoms with E-state index in [0.29, 0.717) is 13.1 Å². The molecule has 6 heteroatoms. The molecular weight excluding hydrogens is 301 g/mol. The number of rotatable bonds is 6. The summed E-state index contributed by atoms with van der Waals surface area (Å²) >= 11 is 1.58. The van der Waals surface area contributed by atoms with Gasteiger partial charge in [0.05, 0.1) is 12.2 Å². The molecule has 2 amide bonds. The monoisotopic (exact) mass is 321 g/mol. The van der Waals surface area contributed by atoms with Crippen molar-refractivity contribution in [3.8, 4) is 0 Å². The topological polar surface area (TPSA) is 54.0 Å². The van der Waals surface area contributed by atoms with Crippen LogP contribution in [0, 0.1) is 12.7 Å². The number of amides is 2. The molecule has 2 rings (SSSR count). The first-order chi connectivity index (χ1) is 10.6. The molecule has 1 heterocycles. The highest BCUT2D eigenvalue weighted by molar-refractivity contribution is 7.11. The predicted molar refractivity (Wildman–Crippen MR) is 86.6 cm³/mol. The Morgan fingerprint density at radius 2 is 2.00 bits per heavy atom. The fraction of sp³-hybridized carbons (Fsp3) is 0.375. The number of carbonyl (C=O) groups is 1. The molecule has 0 radical (unpaired) electrons. The smallest absolute Gasteiger partial charge is 0.315 e. The van der Waals surface area contributed by atoms with Crippen molar-refractivity contribution in [1.82, 2.24) is 15.6 Å². The van der Waals surface area contributed by atoms with Crippen molar-refractivity contribution in [2.45, 2.75) is 33.2 Å². The van der Waals surface area contributed by atoms with Gasteiger partial charge in [-0.1, -0.05) is 19.1 Å². The lowest BCUT2D eigenvalue weighted by Crippen LogP contribution is -2.35. The van der Waals surface area contributed by atoms with E-state index in [9.17, 15) is 9.18 Å². The first-order valence-corrected chi connectivity index (χ1v) is 8.11. The first-order valence-electron chi connectivity index (χ1n) is 7.29. The predicted octanol–water partition coefficient (Wildman–Crippen LogP) is 3.39. The average Bonchev–Trinajstić information content (AvgIpc) is 2.85. The van der Waals surface area contributed by atoms with Crippen LogP contribution in [-0.2, 0) is 13.0 Å². The van der Waals surface area contributed by atoms with Gasteiger partial charge in [-0.3, -0.25) is 0 Å². The van der Waals surface area contributed by atoms with Crippen molar-refractivity contribution in [2.75, 3.05) is 6.54 Å². The SMILES string of the molecule is CCCNC(=O)NCc1nc(C)c(Cc2ccc(F)cc2)s1. The van der Waals surface area contributed by atoms with E-state index in [2.05, 4.69) is 15.6 Å². The van der Waals surface area contributed by atoms with Crippen LogP contribution >= 0.6 is 11.3 Å². The summed E-state index contributed by atoms with van der Waals surface area (Å²) in [5.41, 5.74) is 2.01. The summed E-state index contributed by atoms with van der Waals surface area (Å²) in [5, 5.41) is 6.43. The van der Waals surface area contributed by atoms with Gasteiger partial charge in [-0.25, -0.2) is 14.2 Å².